The first-order valence-electron chi connectivity index (χ1n) is 5.96. The van der Waals surface area contributed by atoms with Crippen LogP contribution >= 0.6 is 0 Å². The fraction of sp³-hybridized carbons (Fsp3) is 0.500. The van der Waals surface area contributed by atoms with Crippen molar-refractivity contribution in [2.45, 2.75) is 6.30 Å². The largest absolute Gasteiger partial charge is 0.486 e. The van der Waals surface area contributed by atoms with Crippen molar-refractivity contribution in [3.8, 4) is 11.5 Å². The minimum atomic E-state index is -1.19. The van der Waals surface area contributed by atoms with Gasteiger partial charge in [0.1, 0.15) is 19.0 Å². The number of anilines is 1. The van der Waals surface area contributed by atoms with Gasteiger partial charge in [-0.3, -0.25) is 0 Å². The highest BCUT2D eigenvalue weighted by Gasteiger charge is 2.28. The fourth-order valence-electron chi connectivity index (χ4n) is 2.26. The van der Waals surface area contributed by atoms with Crippen LogP contribution in [-0.4, -0.2) is 39.1 Å². The van der Waals surface area contributed by atoms with Crippen LogP contribution in [0.2, 0.25) is 0 Å². The molecule has 1 fully saturated rings. The Labute approximate surface area is 103 Å². The van der Waals surface area contributed by atoms with Crippen LogP contribution in [0.1, 0.15) is 0 Å². The second-order valence-electron chi connectivity index (χ2n) is 4.28. The number of benzene rings is 1. The van der Waals surface area contributed by atoms with Crippen LogP contribution in [0.3, 0.4) is 0 Å². The van der Waals surface area contributed by atoms with Gasteiger partial charge in [0.15, 0.2) is 17.8 Å². The first-order chi connectivity index (χ1) is 8.75. The first kappa shape index (κ1) is 11.5. The molecule has 1 atom stereocenters. The van der Waals surface area contributed by atoms with E-state index in [9.17, 15) is 8.78 Å². The van der Waals surface area contributed by atoms with Crippen molar-refractivity contribution < 1.29 is 18.3 Å². The molecular formula is C12H14F2N2O2. The van der Waals surface area contributed by atoms with Gasteiger partial charge in [0, 0.05) is 31.8 Å². The third kappa shape index (κ3) is 1.96. The van der Waals surface area contributed by atoms with Gasteiger partial charge in [-0.1, -0.05) is 0 Å². The Morgan fingerprint density at radius 1 is 1.28 bits per heavy atom. The van der Waals surface area contributed by atoms with Crippen LogP contribution in [0.15, 0.2) is 12.1 Å². The lowest BCUT2D eigenvalue weighted by Crippen LogP contribution is -2.49. The molecule has 2 aliphatic rings. The summed E-state index contributed by atoms with van der Waals surface area (Å²) in [4.78, 5) is 1.51. The number of hydrogen-bond donors (Lipinski definition) is 1. The van der Waals surface area contributed by atoms with Gasteiger partial charge in [-0.15, -0.1) is 0 Å². The monoisotopic (exact) mass is 256 g/mol. The molecule has 0 aromatic heterocycles. The Bertz CT molecular complexity index is 456. The van der Waals surface area contributed by atoms with Crippen molar-refractivity contribution in [2.75, 3.05) is 37.7 Å². The van der Waals surface area contributed by atoms with Gasteiger partial charge < -0.3 is 19.7 Å². The molecule has 0 amide bonds. The van der Waals surface area contributed by atoms with Crippen LogP contribution in [0.25, 0.3) is 0 Å². The van der Waals surface area contributed by atoms with Gasteiger partial charge in [-0.05, 0) is 0 Å². The van der Waals surface area contributed by atoms with Crippen molar-refractivity contribution in [3.63, 3.8) is 0 Å². The highest BCUT2D eigenvalue weighted by molar-refractivity contribution is 5.66. The number of halogens is 2. The van der Waals surface area contributed by atoms with E-state index in [1.165, 1.54) is 17.0 Å². The molecule has 4 nitrogen and oxygen atoms in total. The Balaban J connectivity index is 2.01. The summed E-state index contributed by atoms with van der Waals surface area (Å²) in [6.45, 7) is 2.14. The molecule has 2 heterocycles. The minimum absolute atomic E-state index is 0.228. The van der Waals surface area contributed by atoms with E-state index in [2.05, 4.69) is 5.32 Å². The molecule has 0 saturated carbocycles. The van der Waals surface area contributed by atoms with Gasteiger partial charge in [0.05, 0.1) is 5.69 Å². The van der Waals surface area contributed by atoms with E-state index < -0.39 is 12.1 Å². The second-order valence-corrected chi connectivity index (χ2v) is 4.28. The predicted molar refractivity (Wildman–Crippen MR) is 62.5 cm³/mol. The molecule has 0 spiro atoms. The van der Waals surface area contributed by atoms with E-state index >= 15 is 0 Å². The standard InChI is InChI=1S/C12H14F2N2O2/c13-8-5-9(16-2-1-15-7-11(16)14)12-10(6-8)17-3-4-18-12/h5-6,11,15H,1-4,7H2. The molecule has 0 radical (unpaired) electrons. The maximum absolute atomic E-state index is 13.9. The zero-order valence-electron chi connectivity index (χ0n) is 9.79. The predicted octanol–water partition coefficient (Wildman–Crippen LogP) is 1.30. The maximum Gasteiger partial charge on any atom is 0.185 e. The van der Waals surface area contributed by atoms with Crippen molar-refractivity contribution >= 4 is 5.69 Å². The van der Waals surface area contributed by atoms with E-state index in [0.717, 1.165) is 0 Å². The number of fused-ring (bicyclic) bond motifs is 1. The molecule has 18 heavy (non-hydrogen) atoms. The Morgan fingerprint density at radius 2 is 2.11 bits per heavy atom. The molecule has 98 valence electrons. The second kappa shape index (κ2) is 4.61. The summed E-state index contributed by atoms with van der Waals surface area (Å²) in [7, 11) is 0. The summed E-state index contributed by atoms with van der Waals surface area (Å²) in [6.07, 6.45) is -1.19. The summed E-state index contributed by atoms with van der Waals surface area (Å²) in [5.41, 5.74) is 0.429. The van der Waals surface area contributed by atoms with Crippen molar-refractivity contribution in [1.82, 2.24) is 5.32 Å². The highest BCUT2D eigenvalue weighted by Crippen LogP contribution is 2.41. The number of piperazine rings is 1. The summed E-state index contributed by atoms with van der Waals surface area (Å²) >= 11 is 0. The van der Waals surface area contributed by atoms with E-state index in [-0.39, 0.29) is 6.54 Å². The minimum Gasteiger partial charge on any atom is -0.486 e. The molecule has 0 bridgehead atoms. The summed E-state index contributed by atoms with van der Waals surface area (Å²) in [5, 5.41) is 2.95. The van der Waals surface area contributed by atoms with Crippen molar-refractivity contribution in [1.29, 1.82) is 0 Å². The number of nitrogens with one attached hydrogen (secondary N) is 1. The smallest absolute Gasteiger partial charge is 0.185 e. The molecule has 3 rings (SSSR count). The molecule has 1 saturated heterocycles. The molecule has 1 aromatic rings. The Kier molecular flexibility index (Phi) is 2.95. The molecule has 6 heteroatoms. The number of rotatable bonds is 1. The number of hydrogen-bond acceptors (Lipinski definition) is 4. The van der Waals surface area contributed by atoms with Crippen molar-refractivity contribution in [3.05, 3.63) is 17.9 Å². The first-order valence-corrected chi connectivity index (χ1v) is 5.96. The average Bonchev–Trinajstić information content (AvgIpc) is 2.38. The van der Waals surface area contributed by atoms with Crippen LogP contribution in [0.4, 0.5) is 14.5 Å². The van der Waals surface area contributed by atoms with Gasteiger partial charge in [0.25, 0.3) is 0 Å². The van der Waals surface area contributed by atoms with Gasteiger partial charge in [-0.2, -0.15) is 0 Å². The summed E-state index contributed by atoms with van der Waals surface area (Å²) in [5.74, 6) is 0.342. The zero-order chi connectivity index (χ0) is 12.5. The zero-order valence-corrected chi connectivity index (χ0v) is 9.79. The van der Waals surface area contributed by atoms with Gasteiger partial charge >= 0.3 is 0 Å². The SMILES string of the molecule is Fc1cc2c(c(N3CCNCC3F)c1)OCCO2. The van der Waals surface area contributed by atoms with Crippen LogP contribution < -0.4 is 19.7 Å². The van der Waals surface area contributed by atoms with E-state index in [4.69, 9.17) is 9.47 Å². The van der Waals surface area contributed by atoms with Crippen LogP contribution in [-0.2, 0) is 0 Å². The third-order valence-corrected chi connectivity index (χ3v) is 3.08. The number of alkyl halides is 1. The molecule has 1 aromatic carbocycles. The van der Waals surface area contributed by atoms with E-state index in [1.54, 1.807) is 0 Å². The number of ether oxygens (including phenoxy) is 2. The van der Waals surface area contributed by atoms with E-state index in [0.29, 0.717) is 43.5 Å². The lowest BCUT2D eigenvalue weighted by molar-refractivity contribution is 0.169. The fourth-order valence-corrected chi connectivity index (χ4v) is 2.26. The number of nitrogens with zero attached hydrogens (tertiary/aromatic N) is 1. The van der Waals surface area contributed by atoms with E-state index in [1.807, 2.05) is 0 Å². The lowest BCUT2D eigenvalue weighted by Gasteiger charge is -2.35. The summed E-state index contributed by atoms with van der Waals surface area (Å²) < 4.78 is 38.2. The summed E-state index contributed by atoms with van der Waals surface area (Å²) in [6, 6.07) is 2.57. The average molecular weight is 256 g/mol. The Morgan fingerprint density at radius 3 is 2.94 bits per heavy atom. The quantitative estimate of drug-likeness (QED) is 0.768. The van der Waals surface area contributed by atoms with Crippen LogP contribution in [0, 0.1) is 5.82 Å². The molecule has 2 aliphatic heterocycles. The van der Waals surface area contributed by atoms with Gasteiger partial charge in [-0.25, -0.2) is 8.78 Å². The topological polar surface area (TPSA) is 33.7 Å². The lowest BCUT2D eigenvalue weighted by atomic mass is 10.2. The maximum atomic E-state index is 13.9. The molecule has 1 N–H and O–H groups in total. The van der Waals surface area contributed by atoms with Crippen molar-refractivity contribution in [2.24, 2.45) is 0 Å². The van der Waals surface area contributed by atoms with Crippen LogP contribution in [0.5, 0.6) is 11.5 Å². The molecule has 1 unspecified atom stereocenters. The molecule has 0 aliphatic carbocycles. The molecular weight excluding hydrogens is 242 g/mol. The third-order valence-electron chi connectivity index (χ3n) is 3.08. The highest BCUT2D eigenvalue weighted by atomic mass is 19.1. The Hall–Kier alpha value is -1.56. The normalized spacial score (nSPS) is 23.0. The van der Waals surface area contributed by atoms with Gasteiger partial charge in [0.2, 0.25) is 0 Å².